The number of carbonyl (C=O) groups excluding carboxylic acids is 1. The molecule has 3 nitrogen and oxygen atoms in total. The summed E-state index contributed by atoms with van der Waals surface area (Å²) < 4.78 is 0.584. The van der Waals surface area contributed by atoms with Gasteiger partial charge in [-0.2, -0.15) is 0 Å². The average Bonchev–Trinajstić information content (AvgIpc) is 2.79. The van der Waals surface area contributed by atoms with E-state index in [1.54, 1.807) is 17.0 Å². The van der Waals surface area contributed by atoms with E-state index in [2.05, 4.69) is 0 Å². The van der Waals surface area contributed by atoms with Gasteiger partial charge in [0.2, 0.25) is 0 Å². The van der Waals surface area contributed by atoms with Crippen LogP contribution in [0.15, 0.2) is 17.0 Å². The Labute approximate surface area is 154 Å². The molecule has 1 aromatic rings. The maximum absolute atomic E-state index is 12.7. The summed E-state index contributed by atoms with van der Waals surface area (Å²) in [5.41, 5.74) is 0.423. The van der Waals surface area contributed by atoms with E-state index < -0.39 is 0 Å². The van der Waals surface area contributed by atoms with Gasteiger partial charge < -0.3 is 5.11 Å². The first-order chi connectivity index (χ1) is 11.0. The molecule has 2 fully saturated rings. The normalized spacial score (nSPS) is 21.5. The minimum atomic E-state index is -0.0950. The molecule has 1 N–H and O–H groups in total. The molecule has 0 aromatic heterocycles. The van der Waals surface area contributed by atoms with E-state index in [-0.39, 0.29) is 22.7 Å². The monoisotopic (exact) mass is 387 g/mol. The third-order valence-corrected chi connectivity index (χ3v) is 5.94. The zero-order valence-corrected chi connectivity index (χ0v) is 15.4. The molecular weight excluding hydrogens is 373 g/mol. The Morgan fingerprint density at radius 1 is 1.26 bits per heavy atom. The summed E-state index contributed by atoms with van der Waals surface area (Å²) in [5.74, 6) is -0.179. The molecule has 7 heteroatoms. The van der Waals surface area contributed by atoms with Crippen LogP contribution in [0, 0.1) is 0 Å². The SMILES string of the molecule is O=C1C(=Cc2cc(Cl)cc(Cl)c2O)SC(=S)N1C1CCCCC1. The van der Waals surface area contributed by atoms with Gasteiger partial charge in [0.15, 0.2) is 0 Å². The fourth-order valence-electron chi connectivity index (χ4n) is 2.97. The van der Waals surface area contributed by atoms with Gasteiger partial charge in [0.1, 0.15) is 10.1 Å². The van der Waals surface area contributed by atoms with Crippen LogP contribution in [-0.2, 0) is 4.79 Å². The quantitative estimate of drug-likeness (QED) is 0.556. The van der Waals surface area contributed by atoms with E-state index >= 15 is 0 Å². The second kappa shape index (κ2) is 7.01. The van der Waals surface area contributed by atoms with Gasteiger partial charge in [-0.05, 0) is 31.1 Å². The largest absolute Gasteiger partial charge is 0.506 e. The fraction of sp³-hybridized carbons (Fsp3) is 0.375. The third kappa shape index (κ3) is 3.53. The topological polar surface area (TPSA) is 40.5 Å². The highest BCUT2D eigenvalue weighted by molar-refractivity contribution is 8.26. The molecule has 1 saturated carbocycles. The van der Waals surface area contributed by atoms with Gasteiger partial charge in [-0.25, -0.2) is 0 Å². The van der Waals surface area contributed by atoms with Crippen LogP contribution in [0.3, 0.4) is 0 Å². The Morgan fingerprint density at radius 2 is 1.96 bits per heavy atom. The predicted molar refractivity (Wildman–Crippen MR) is 100 cm³/mol. The molecule has 1 heterocycles. The molecule has 0 bridgehead atoms. The van der Waals surface area contributed by atoms with Crippen LogP contribution in [0.5, 0.6) is 5.75 Å². The summed E-state index contributed by atoms with van der Waals surface area (Å²) in [6, 6.07) is 3.23. The predicted octanol–water partition coefficient (Wildman–Crippen LogP) is 5.23. The molecule has 1 aliphatic heterocycles. The van der Waals surface area contributed by atoms with Crippen LogP contribution in [0.25, 0.3) is 6.08 Å². The van der Waals surface area contributed by atoms with Crippen molar-refractivity contribution in [3.8, 4) is 5.75 Å². The summed E-state index contributed by atoms with van der Waals surface area (Å²) in [6.07, 6.45) is 7.07. The first-order valence-corrected chi connectivity index (χ1v) is 9.40. The van der Waals surface area contributed by atoms with E-state index in [9.17, 15) is 9.90 Å². The van der Waals surface area contributed by atoms with E-state index in [4.69, 9.17) is 35.4 Å². The van der Waals surface area contributed by atoms with Gasteiger partial charge in [-0.15, -0.1) is 0 Å². The van der Waals surface area contributed by atoms with Crippen molar-refractivity contribution in [3.05, 3.63) is 32.6 Å². The molecule has 23 heavy (non-hydrogen) atoms. The lowest BCUT2D eigenvalue weighted by molar-refractivity contribution is -0.124. The second-order valence-corrected chi connectivity index (χ2v) is 8.19. The Hall–Kier alpha value is -0.750. The van der Waals surface area contributed by atoms with Gasteiger partial charge in [-0.3, -0.25) is 9.69 Å². The number of thiocarbonyl (C=S) groups is 1. The number of phenolic OH excluding ortho intramolecular Hbond substituents is 1. The Bertz CT molecular complexity index is 700. The smallest absolute Gasteiger partial charge is 0.266 e. The molecule has 0 spiro atoms. The van der Waals surface area contributed by atoms with E-state index in [1.807, 2.05) is 0 Å². The molecule has 1 aliphatic carbocycles. The van der Waals surface area contributed by atoms with Gasteiger partial charge in [0.05, 0.1) is 9.93 Å². The Morgan fingerprint density at radius 3 is 2.65 bits per heavy atom. The molecule has 1 aromatic carbocycles. The summed E-state index contributed by atoms with van der Waals surface area (Å²) in [4.78, 5) is 14.9. The lowest BCUT2D eigenvalue weighted by Crippen LogP contribution is -2.39. The number of amides is 1. The standard InChI is InChI=1S/C16H15Cl2NO2S2/c17-10-6-9(14(20)12(18)8-10)7-13-15(21)19(16(22)23-13)11-4-2-1-3-5-11/h6-8,11,20H,1-5H2. The van der Waals surface area contributed by atoms with Crippen LogP contribution >= 0.6 is 47.2 Å². The number of benzene rings is 1. The van der Waals surface area contributed by atoms with Crippen LogP contribution in [0.1, 0.15) is 37.7 Å². The number of phenols is 1. The third-order valence-electron chi connectivity index (χ3n) is 4.11. The van der Waals surface area contributed by atoms with Crippen molar-refractivity contribution in [1.29, 1.82) is 0 Å². The second-order valence-electron chi connectivity index (χ2n) is 5.67. The van der Waals surface area contributed by atoms with E-state index in [0.717, 1.165) is 25.7 Å². The van der Waals surface area contributed by atoms with Crippen molar-refractivity contribution in [2.75, 3.05) is 0 Å². The molecule has 0 atom stereocenters. The number of hydrogen-bond acceptors (Lipinski definition) is 4. The summed E-state index contributed by atoms with van der Waals surface area (Å²) in [5, 5.41) is 10.6. The number of carbonyl (C=O) groups is 1. The lowest BCUT2D eigenvalue weighted by Gasteiger charge is -2.29. The molecule has 0 unspecified atom stereocenters. The van der Waals surface area contributed by atoms with Crippen LogP contribution < -0.4 is 0 Å². The van der Waals surface area contributed by atoms with Crippen molar-refractivity contribution >= 4 is 63.5 Å². The number of thioether (sulfide) groups is 1. The van der Waals surface area contributed by atoms with Gasteiger partial charge in [0, 0.05) is 16.6 Å². The Balaban J connectivity index is 1.90. The number of hydrogen-bond donors (Lipinski definition) is 1. The van der Waals surface area contributed by atoms with Gasteiger partial charge in [0.25, 0.3) is 5.91 Å². The fourth-order valence-corrected chi connectivity index (χ4v) is 4.87. The van der Waals surface area contributed by atoms with Gasteiger partial charge >= 0.3 is 0 Å². The van der Waals surface area contributed by atoms with Crippen LogP contribution in [0.2, 0.25) is 10.0 Å². The lowest BCUT2D eigenvalue weighted by atomic mass is 9.94. The van der Waals surface area contributed by atoms with E-state index in [0.29, 0.717) is 19.8 Å². The molecule has 0 radical (unpaired) electrons. The average molecular weight is 388 g/mol. The van der Waals surface area contributed by atoms with Gasteiger partial charge in [-0.1, -0.05) is 66.4 Å². The molecule has 1 saturated heterocycles. The van der Waals surface area contributed by atoms with Crippen molar-refractivity contribution < 1.29 is 9.90 Å². The minimum absolute atomic E-state index is 0.0843. The number of rotatable bonds is 2. The van der Waals surface area contributed by atoms with Crippen molar-refractivity contribution in [2.24, 2.45) is 0 Å². The van der Waals surface area contributed by atoms with Crippen molar-refractivity contribution in [2.45, 2.75) is 38.1 Å². The highest BCUT2D eigenvalue weighted by Gasteiger charge is 2.37. The number of halogens is 2. The van der Waals surface area contributed by atoms with Crippen LogP contribution in [-0.4, -0.2) is 26.3 Å². The zero-order valence-electron chi connectivity index (χ0n) is 12.2. The maximum Gasteiger partial charge on any atom is 0.266 e. The molecule has 122 valence electrons. The first kappa shape index (κ1) is 17.1. The Kier molecular flexibility index (Phi) is 5.21. The molecule has 1 amide bonds. The first-order valence-electron chi connectivity index (χ1n) is 7.42. The van der Waals surface area contributed by atoms with E-state index in [1.165, 1.54) is 24.2 Å². The molecule has 2 aliphatic rings. The molecular formula is C16H15Cl2NO2S2. The summed E-state index contributed by atoms with van der Waals surface area (Å²) in [7, 11) is 0. The number of nitrogens with zero attached hydrogens (tertiary/aromatic N) is 1. The van der Waals surface area contributed by atoms with Crippen LogP contribution in [0.4, 0.5) is 0 Å². The molecule has 3 rings (SSSR count). The minimum Gasteiger partial charge on any atom is -0.506 e. The summed E-state index contributed by atoms with van der Waals surface area (Å²) >= 11 is 18.5. The number of aromatic hydroxyl groups is 1. The highest BCUT2D eigenvalue weighted by atomic mass is 35.5. The summed E-state index contributed by atoms with van der Waals surface area (Å²) in [6.45, 7) is 0. The maximum atomic E-state index is 12.7. The van der Waals surface area contributed by atoms with Crippen molar-refractivity contribution in [1.82, 2.24) is 4.90 Å². The highest BCUT2D eigenvalue weighted by Crippen LogP contribution is 2.39. The zero-order chi connectivity index (χ0) is 16.6. The van der Waals surface area contributed by atoms with Crippen molar-refractivity contribution in [3.63, 3.8) is 0 Å².